The number of rotatable bonds is 2. The van der Waals surface area contributed by atoms with Gasteiger partial charge in [0.05, 0.1) is 4.88 Å². The Morgan fingerprint density at radius 3 is 2.53 bits per heavy atom. The zero-order valence-corrected chi connectivity index (χ0v) is 11.8. The Bertz CT molecular complexity index is 589. The summed E-state index contributed by atoms with van der Waals surface area (Å²) in [6.45, 7) is 3.88. The molecular weight excluding hydrogens is 303 g/mol. The maximum atomic E-state index is 13.0. The standard InChI is InChI=1S/C13H10BrFOS/c1-7-5-8(2)17-13(7)12(16)10-4-3-9(15)6-11(10)14/h3-6H,1-2H3. The Morgan fingerprint density at radius 2 is 2.00 bits per heavy atom. The van der Waals surface area contributed by atoms with Gasteiger partial charge >= 0.3 is 0 Å². The normalized spacial score (nSPS) is 10.6. The number of aryl methyl sites for hydroxylation is 2. The number of hydrogen-bond donors (Lipinski definition) is 0. The number of halogens is 2. The van der Waals surface area contributed by atoms with E-state index in [1.807, 2.05) is 19.9 Å². The van der Waals surface area contributed by atoms with Crippen molar-refractivity contribution in [2.45, 2.75) is 13.8 Å². The van der Waals surface area contributed by atoms with Crippen LogP contribution < -0.4 is 0 Å². The minimum atomic E-state index is -0.354. The second-order valence-corrected chi connectivity index (χ2v) is 5.93. The molecule has 1 heterocycles. The number of benzene rings is 1. The van der Waals surface area contributed by atoms with E-state index in [4.69, 9.17) is 0 Å². The van der Waals surface area contributed by atoms with E-state index in [1.54, 1.807) is 0 Å². The molecule has 0 fully saturated rings. The van der Waals surface area contributed by atoms with Crippen LogP contribution >= 0.6 is 27.3 Å². The molecule has 0 radical (unpaired) electrons. The average Bonchev–Trinajstić information content (AvgIpc) is 2.57. The first-order valence-corrected chi connectivity index (χ1v) is 6.67. The lowest BCUT2D eigenvalue weighted by atomic mass is 10.1. The van der Waals surface area contributed by atoms with Gasteiger partial charge in [-0.2, -0.15) is 0 Å². The monoisotopic (exact) mass is 312 g/mol. The fourth-order valence-electron chi connectivity index (χ4n) is 1.66. The molecule has 0 N–H and O–H groups in total. The van der Waals surface area contributed by atoms with Gasteiger partial charge in [0.1, 0.15) is 5.82 Å². The van der Waals surface area contributed by atoms with Crippen molar-refractivity contribution in [3.63, 3.8) is 0 Å². The number of carbonyl (C=O) groups excluding carboxylic acids is 1. The topological polar surface area (TPSA) is 17.1 Å². The molecule has 0 saturated heterocycles. The maximum Gasteiger partial charge on any atom is 0.204 e. The third kappa shape index (κ3) is 2.48. The quantitative estimate of drug-likeness (QED) is 0.746. The molecule has 0 amide bonds. The molecule has 2 rings (SSSR count). The summed E-state index contributed by atoms with van der Waals surface area (Å²) >= 11 is 4.69. The minimum absolute atomic E-state index is 0.0625. The first-order valence-electron chi connectivity index (χ1n) is 5.06. The van der Waals surface area contributed by atoms with Crippen LogP contribution in [0.2, 0.25) is 0 Å². The van der Waals surface area contributed by atoms with Gasteiger partial charge < -0.3 is 0 Å². The predicted molar refractivity (Wildman–Crippen MR) is 71.3 cm³/mol. The van der Waals surface area contributed by atoms with E-state index >= 15 is 0 Å². The molecule has 1 nitrogen and oxygen atoms in total. The summed E-state index contributed by atoms with van der Waals surface area (Å²) in [4.78, 5) is 14.1. The highest BCUT2D eigenvalue weighted by molar-refractivity contribution is 9.10. The van der Waals surface area contributed by atoms with Gasteiger partial charge in [0, 0.05) is 14.9 Å². The second-order valence-electron chi connectivity index (χ2n) is 3.82. The molecule has 0 saturated carbocycles. The molecule has 17 heavy (non-hydrogen) atoms. The van der Waals surface area contributed by atoms with Gasteiger partial charge in [-0.25, -0.2) is 4.39 Å². The smallest absolute Gasteiger partial charge is 0.204 e. The fraction of sp³-hybridized carbons (Fsp3) is 0.154. The highest BCUT2D eigenvalue weighted by Crippen LogP contribution is 2.27. The van der Waals surface area contributed by atoms with Crippen LogP contribution in [-0.4, -0.2) is 5.78 Å². The number of ketones is 1. The molecule has 0 atom stereocenters. The van der Waals surface area contributed by atoms with Crippen LogP contribution in [0.4, 0.5) is 4.39 Å². The third-order valence-corrected chi connectivity index (χ3v) is 4.23. The van der Waals surface area contributed by atoms with Crippen LogP contribution in [0.3, 0.4) is 0 Å². The van der Waals surface area contributed by atoms with Crippen LogP contribution in [0.15, 0.2) is 28.7 Å². The molecule has 1 aromatic carbocycles. The van der Waals surface area contributed by atoms with E-state index in [9.17, 15) is 9.18 Å². The van der Waals surface area contributed by atoms with Crippen molar-refractivity contribution in [1.82, 2.24) is 0 Å². The predicted octanol–water partition coefficient (Wildman–Crippen LogP) is 4.50. The van der Waals surface area contributed by atoms with Crippen LogP contribution in [-0.2, 0) is 0 Å². The van der Waals surface area contributed by atoms with E-state index in [0.29, 0.717) is 10.0 Å². The van der Waals surface area contributed by atoms with Gasteiger partial charge in [-0.05, 0) is 59.6 Å². The van der Waals surface area contributed by atoms with Crippen molar-refractivity contribution in [1.29, 1.82) is 0 Å². The van der Waals surface area contributed by atoms with Crippen molar-refractivity contribution in [2.24, 2.45) is 0 Å². The summed E-state index contributed by atoms with van der Waals surface area (Å²) in [5.41, 5.74) is 1.46. The van der Waals surface area contributed by atoms with Crippen LogP contribution in [0.5, 0.6) is 0 Å². The minimum Gasteiger partial charge on any atom is -0.288 e. The highest BCUT2D eigenvalue weighted by atomic mass is 79.9. The Kier molecular flexibility index (Phi) is 3.45. The first kappa shape index (κ1) is 12.5. The summed E-state index contributed by atoms with van der Waals surface area (Å²) in [7, 11) is 0. The molecule has 88 valence electrons. The average molecular weight is 313 g/mol. The molecule has 1 aromatic heterocycles. The van der Waals surface area contributed by atoms with Crippen molar-refractivity contribution in [3.8, 4) is 0 Å². The molecule has 0 aliphatic heterocycles. The lowest BCUT2D eigenvalue weighted by molar-refractivity contribution is 0.104. The summed E-state index contributed by atoms with van der Waals surface area (Å²) in [6, 6.07) is 6.10. The summed E-state index contributed by atoms with van der Waals surface area (Å²) in [5.74, 6) is -0.417. The molecule has 4 heteroatoms. The Morgan fingerprint density at radius 1 is 1.29 bits per heavy atom. The summed E-state index contributed by atoms with van der Waals surface area (Å²) in [6.07, 6.45) is 0. The first-order chi connectivity index (χ1) is 7.99. The van der Waals surface area contributed by atoms with Crippen LogP contribution in [0.25, 0.3) is 0 Å². The third-order valence-electron chi connectivity index (χ3n) is 2.42. The molecule has 2 aromatic rings. The zero-order valence-electron chi connectivity index (χ0n) is 9.38. The Labute approximate surface area is 111 Å². The van der Waals surface area contributed by atoms with Gasteiger partial charge in [-0.3, -0.25) is 4.79 Å². The zero-order chi connectivity index (χ0) is 12.6. The number of carbonyl (C=O) groups is 1. The van der Waals surface area contributed by atoms with Gasteiger partial charge in [0.15, 0.2) is 0 Å². The molecule has 0 aliphatic carbocycles. The maximum absolute atomic E-state index is 13.0. The van der Waals surface area contributed by atoms with E-state index in [2.05, 4.69) is 15.9 Å². The molecule has 0 spiro atoms. The molecule has 0 aliphatic rings. The fourth-order valence-corrected chi connectivity index (χ4v) is 3.17. The lowest BCUT2D eigenvalue weighted by Crippen LogP contribution is -2.01. The van der Waals surface area contributed by atoms with E-state index in [0.717, 1.165) is 15.3 Å². The van der Waals surface area contributed by atoms with Crippen LogP contribution in [0.1, 0.15) is 25.7 Å². The van der Waals surface area contributed by atoms with Crippen molar-refractivity contribution in [2.75, 3.05) is 0 Å². The van der Waals surface area contributed by atoms with Gasteiger partial charge in [0.2, 0.25) is 5.78 Å². The largest absolute Gasteiger partial charge is 0.288 e. The molecular formula is C13H10BrFOS. The van der Waals surface area contributed by atoms with Crippen molar-refractivity contribution >= 4 is 33.0 Å². The van der Waals surface area contributed by atoms with Gasteiger partial charge in [0.25, 0.3) is 0 Å². The van der Waals surface area contributed by atoms with E-state index < -0.39 is 0 Å². The van der Waals surface area contributed by atoms with Gasteiger partial charge in [-0.15, -0.1) is 11.3 Å². The summed E-state index contributed by atoms with van der Waals surface area (Å²) in [5, 5.41) is 0. The summed E-state index contributed by atoms with van der Waals surface area (Å²) < 4.78 is 13.5. The second kappa shape index (κ2) is 4.70. The molecule has 0 unspecified atom stereocenters. The van der Waals surface area contributed by atoms with Crippen molar-refractivity contribution in [3.05, 3.63) is 55.4 Å². The highest BCUT2D eigenvalue weighted by Gasteiger charge is 2.17. The van der Waals surface area contributed by atoms with Crippen LogP contribution in [0, 0.1) is 19.7 Å². The SMILES string of the molecule is Cc1cc(C)c(C(=O)c2ccc(F)cc2Br)s1. The van der Waals surface area contributed by atoms with E-state index in [1.165, 1.54) is 29.5 Å². The van der Waals surface area contributed by atoms with Gasteiger partial charge in [-0.1, -0.05) is 0 Å². The molecule has 0 bridgehead atoms. The van der Waals surface area contributed by atoms with Crippen molar-refractivity contribution < 1.29 is 9.18 Å². The Balaban J connectivity index is 2.47. The number of hydrogen-bond acceptors (Lipinski definition) is 2. The Hall–Kier alpha value is -1.00. The number of thiophene rings is 1. The van der Waals surface area contributed by atoms with E-state index in [-0.39, 0.29) is 11.6 Å². The lowest BCUT2D eigenvalue weighted by Gasteiger charge is -2.03.